The third-order valence-electron chi connectivity index (χ3n) is 1.31. The molecule has 0 amide bonds. The fourth-order valence-electron chi connectivity index (χ4n) is 0.934. The Labute approximate surface area is 52.3 Å². The number of aryl methyl sites for hydroxylation is 1. The van der Waals surface area contributed by atoms with Gasteiger partial charge in [0.15, 0.2) is 0 Å². The first-order valence-electron chi connectivity index (χ1n) is 2.85. The van der Waals surface area contributed by atoms with E-state index in [1.54, 1.807) is 6.20 Å². The number of hydrogen-bond acceptors (Lipinski definition) is 1. The third-order valence-corrected chi connectivity index (χ3v) is 1.31. The Bertz CT molecular complexity index is 289. The summed E-state index contributed by atoms with van der Waals surface area (Å²) in [6.07, 6.45) is 3.72. The molecule has 0 radical (unpaired) electrons. The largest absolute Gasteiger partial charge is 0.343 e. The van der Waals surface area contributed by atoms with Gasteiger partial charge < -0.3 is 4.98 Å². The van der Waals surface area contributed by atoms with Gasteiger partial charge in [0.1, 0.15) is 5.65 Å². The second-order valence-electron chi connectivity index (χ2n) is 2.10. The molecule has 0 aliphatic heterocycles. The lowest BCUT2D eigenvalue weighted by Gasteiger charge is -1.72. The fourth-order valence-corrected chi connectivity index (χ4v) is 0.934. The maximum atomic E-state index is 4.02. The highest BCUT2D eigenvalue weighted by Gasteiger charge is 1.92. The van der Waals surface area contributed by atoms with Crippen molar-refractivity contribution in [2.75, 3.05) is 0 Å². The molecule has 2 aromatic rings. The van der Waals surface area contributed by atoms with Gasteiger partial charge in [-0.25, -0.2) is 4.52 Å². The molecule has 0 saturated carbocycles. The maximum Gasteiger partial charge on any atom is 0.133 e. The molecule has 2 heterocycles. The molecule has 3 heteroatoms. The van der Waals surface area contributed by atoms with E-state index < -0.39 is 0 Å². The monoisotopic (exact) mass is 121 g/mol. The van der Waals surface area contributed by atoms with E-state index >= 15 is 0 Å². The molecule has 0 aliphatic carbocycles. The predicted octanol–water partition coefficient (Wildman–Crippen LogP) is 0.971. The standard InChI is InChI=1S/C6H7N3/c1-5-4-9-6(8-5)2-3-7-9/h2-4,8H,1H3. The highest BCUT2D eigenvalue weighted by Crippen LogP contribution is 1.99. The average molecular weight is 121 g/mol. The van der Waals surface area contributed by atoms with Crippen LogP contribution in [0, 0.1) is 6.92 Å². The molecule has 0 atom stereocenters. The Morgan fingerprint density at radius 2 is 2.56 bits per heavy atom. The van der Waals surface area contributed by atoms with E-state index in [9.17, 15) is 0 Å². The van der Waals surface area contributed by atoms with Crippen LogP contribution in [0.4, 0.5) is 0 Å². The number of fused-ring (bicyclic) bond motifs is 1. The molecule has 0 aliphatic rings. The van der Waals surface area contributed by atoms with Gasteiger partial charge in [0.25, 0.3) is 0 Å². The molecular weight excluding hydrogens is 114 g/mol. The van der Waals surface area contributed by atoms with E-state index in [-0.39, 0.29) is 0 Å². The van der Waals surface area contributed by atoms with Crippen LogP contribution in [0.2, 0.25) is 0 Å². The van der Waals surface area contributed by atoms with Gasteiger partial charge in [-0.05, 0) is 6.92 Å². The van der Waals surface area contributed by atoms with Crippen molar-refractivity contribution in [3.63, 3.8) is 0 Å². The first-order valence-corrected chi connectivity index (χ1v) is 2.85. The summed E-state index contributed by atoms with van der Waals surface area (Å²) in [5.74, 6) is 0. The van der Waals surface area contributed by atoms with Crippen molar-refractivity contribution in [1.82, 2.24) is 14.6 Å². The van der Waals surface area contributed by atoms with Crippen molar-refractivity contribution in [2.24, 2.45) is 0 Å². The summed E-state index contributed by atoms with van der Waals surface area (Å²) in [5, 5.41) is 4.02. The Kier molecular flexibility index (Phi) is 0.704. The molecule has 1 N–H and O–H groups in total. The van der Waals surface area contributed by atoms with Gasteiger partial charge in [0.05, 0.1) is 6.20 Å². The van der Waals surface area contributed by atoms with Crippen molar-refractivity contribution in [1.29, 1.82) is 0 Å². The highest BCUT2D eigenvalue weighted by atomic mass is 15.2. The molecule has 9 heavy (non-hydrogen) atoms. The molecule has 0 saturated heterocycles. The Hall–Kier alpha value is -1.25. The van der Waals surface area contributed by atoms with Gasteiger partial charge in [-0.15, -0.1) is 0 Å². The number of aromatic nitrogens is 3. The van der Waals surface area contributed by atoms with Crippen LogP contribution < -0.4 is 0 Å². The molecule has 0 aromatic carbocycles. The van der Waals surface area contributed by atoms with Crippen LogP contribution in [-0.4, -0.2) is 14.6 Å². The molecular formula is C6H7N3. The van der Waals surface area contributed by atoms with Crippen LogP contribution >= 0.6 is 0 Å². The zero-order valence-electron chi connectivity index (χ0n) is 5.13. The number of imidazole rings is 1. The average Bonchev–Trinajstić information content (AvgIpc) is 2.22. The van der Waals surface area contributed by atoms with Crippen LogP contribution in [0.25, 0.3) is 5.65 Å². The van der Waals surface area contributed by atoms with E-state index in [1.807, 2.05) is 23.7 Å². The summed E-state index contributed by atoms with van der Waals surface area (Å²) in [5.41, 5.74) is 2.19. The second kappa shape index (κ2) is 1.37. The summed E-state index contributed by atoms with van der Waals surface area (Å²) in [4.78, 5) is 3.14. The van der Waals surface area contributed by atoms with Crippen molar-refractivity contribution >= 4 is 5.65 Å². The van der Waals surface area contributed by atoms with Gasteiger partial charge in [0.2, 0.25) is 0 Å². The third kappa shape index (κ3) is 0.543. The smallest absolute Gasteiger partial charge is 0.133 e. The quantitative estimate of drug-likeness (QED) is 0.553. The zero-order valence-corrected chi connectivity index (χ0v) is 5.13. The lowest BCUT2D eigenvalue weighted by molar-refractivity contribution is 0.971. The Morgan fingerprint density at radius 3 is 3.33 bits per heavy atom. The first-order chi connectivity index (χ1) is 4.36. The Balaban J connectivity index is 2.92. The topological polar surface area (TPSA) is 33.1 Å². The van der Waals surface area contributed by atoms with Crippen LogP contribution in [0.15, 0.2) is 18.5 Å². The predicted molar refractivity (Wildman–Crippen MR) is 34.3 cm³/mol. The summed E-state index contributed by atoms with van der Waals surface area (Å²) < 4.78 is 1.81. The number of nitrogens with zero attached hydrogens (tertiary/aromatic N) is 2. The molecule has 0 fully saturated rings. The summed E-state index contributed by atoms with van der Waals surface area (Å²) >= 11 is 0. The molecule has 0 bridgehead atoms. The van der Waals surface area contributed by atoms with E-state index in [0.717, 1.165) is 11.3 Å². The number of H-pyrrole nitrogens is 1. The highest BCUT2D eigenvalue weighted by molar-refractivity contribution is 5.37. The number of aromatic amines is 1. The van der Waals surface area contributed by atoms with E-state index in [1.165, 1.54) is 0 Å². The second-order valence-corrected chi connectivity index (χ2v) is 2.10. The fraction of sp³-hybridized carbons (Fsp3) is 0.167. The summed E-state index contributed by atoms with van der Waals surface area (Å²) in [7, 11) is 0. The van der Waals surface area contributed by atoms with Crippen molar-refractivity contribution in [2.45, 2.75) is 6.92 Å². The number of rotatable bonds is 0. The van der Waals surface area contributed by atoms with Gasteiger partial charge in [-0.2, -0.15) is 5.10 Å². The van der Waals surface area contributed by atoms with E-state index in [4.69, 9.17) is 0 Å². The van der Waals surface area contributed by atoms with Crippen LogP contribution in [0.5, 0.6) is 0 Å². The maximum absolute atomic E-state index is 4.02. The van der Waals surface area contributed by atoms with Gasteiger partial charge in [-0.1, -0.05) is 0 Å². The van der Waals surface area contributed by atoms with Gasteiger partial charge in [-0.3, -0.25) is 0 Å². The number of hydrogen-bond donors (Lipinski definition) is 1. The minimum Gasteiger partial charge on any atom is -0.343 e. The van der Waals surface area contributed by atoms with Gasteiger partial charge >= 0.3 is 0 Å². The first kappa shape index (κ1) is 4.61. The minimum atomic E-state index is 1.05. The lowest BCUT2D eigenvalue weighted by Crippen LogP contribution is -1.75. The Morgan fingerprint density at radius 1 is 1.67 bits per heavy atom. The van der Waals surface area contributed by atoms with Gasteiger partial charge in [0, 0.05) is 18.0 Å². The van der Waals surface area contributed by atoms with Crippen LogP contribution in [0.1, 0.15) is 5.69 Å². The molecule has 3 nitrogen and oxygen atoms in total. The van der Waals surface area contributed by atoms with Crippen LogP contribution in [-0.2, 0) is 0 Å². The normalized spacial score (nSPS) is 10.8. The van der Waals surface area contributed by atoms with Crippen molar-refractivity contribution in [3.05, 3.63) is 24.2 Å². The lowest BCUT2D eigenvalue weighted by atomic mass is 10.6. The molecule has 2 aromatic heterocycles. The van der Waals surface area contributed by atoms with Crippen molar-refractivity contribution in [3.8, 4) is 0 Å². The number of nitrogens with one attached hydrogen (secondary N) is 1. The molecule has 46 valence electrons. The van der Waals surface area contributed by atoms with Crippen molar-refractivity contribution < 1.29 is 0 Å². The van der Waals surface area contributed by atoms with Crippen LogP contribution in [0.3, 0.4) is 0 Å². The summed E-state index contributed by atoms with van der Waals surface area (Å²) in [6.45, 7) is 2.01. The molecule has 0 unspecified atom stereocenters. The SMILES string of the molecule is Cc1cn2nccc2[nH]1. The molecule has 0 spiro atoms. The summed E-state index contributed by atoms with van der Waals surface area (Å²) in [6, 6.07) is 1.94. The molecule has 2 rings (SSSR count). The minimum absolute atomic E-state index is 1.05. The van der Waals surface area contributed by atoms with E-state index in [0.29, 0.717) is 0 Å². The van der Waals surface area contributed by atoms with E-state index in [2.05, 4.69) is 10.1 Å². The zero-order chi connectivity index (χ0) is 6.27.